The third-order valence-electron chi connectivity index (χ3n) is 8.55. The molecule has 2 aliphatic carbocycles. The molecule has 31 heavy (non-hydrogen) atoms. The Kier molecular flexibility index (Phi) is 7.21. The van der Waals surface area contributed by atoms with Crippen LogP contribution in [0.15, 0.2) is 0 Å². The molecular weight excluding hydrogens is 395 g/mol. The number of carbonyl (C=O) groups is 2. The molecule has 8 atom stereocenters. The monoisotopic (exact) mass is 436 g/mol. The number of nitrogens with one attached hydrogen (secondary N) is 2. The average Bonchev–Trinajstić information content (AvgIpc) is 3.23. The van der Waals surface area contributed by atoms with Crippen LogP contribution in [0.5, 0.6) is 0 Å². The van der Waals surface area contributed by atoms with Crippen molar-refractivity contribution in [3.05, 3.63) is 0 Å². The highest BCUT2D eigenvalue weighted by atomic mass is 19.1. The van der Waals surface area contributed by atoms with E-state index in [0.717, 1.165) is 58.2 Å². The zero-order valence-corrected chi connectivity index (χ0v) is 19.5. The molecule has 0 radical (unpaired) electrons. The van der Waals surface area contributed by atoms with Gasteiger partial charge in [-0.05, 0) is 57.3 Å². The van der Waals surface area contributed by atoms with Gasteiger partial charge in [0.2, 0.25) is 11.8 Å². The smallest absolute Gasteiger partial charge is 0.237 e. The van der Waals surface area contributed by atoms with Crippen LogP contribution in [0.4, 0.5) is 4.39 Å². The molecule has 0 aromatic heterocycles. The Labute approximate surface area is 186 Å². The van der Waals surface area contributed by atoms with E-state index in [2.05, 4.69) is 29.4 Å². The van der Waals surface area contributed by atoms with Crippen LogP contribution in [-0.2, 0) is 9.59 Å². The molecule has 0 aromatic rings. The SMILES string of the molecule is CCC1CN(C2CCCC(NC(=O)C3CC4C(F)CCC(C)C4N3)C2)CCN1C(C)=O. The molecule has 2 saturated carbocycles. The van der Waals surface area contributed by atoms with Crippen LogP contribution >= 0.6 is 0 Å². The van der Waals surface area contributed by atoms with E-state index in [1.54, 1.807) is 6.92 Å². The largest absolute Gasteiger partial charge is 0.352 e. The maximum atomic E-state index is 14.4. The quantitative estimate of drug-likeness (QED) is 0.711. The Hall–Kier alpha value is -1.21. The zero-order chi connectivity index (χ0) is 22.1. The van der Waals surface area contributed by atoms with Crippen molar-refractivity contribution in [2.75, 3.05) is 19.6 Å². The predicted molar refractivity (Wildman–Crippen MR) is 119 cm³/mol. The van der Waals surface area contributed by atoms with Crippen molar-refractivity contribution >= 4 is 11.8 Å². The first-order chi connectivity index (χ1) is 14.9. The van der Waals surface area contributed by atoms with Crippen molar-refractivity contribution in [1.82, 2.24) is 20.4 Å². The van der Waals surface area contributed by atoms with Crippen molar-refractivity contribution in [3.8, 4) is 0 Å². The normalized spacial score (nSPS) is 41.6. The summed E-state index contributed by atoms with van der Waals surface area (Å²) in [4.78, 5) is 29.5. The second kappa shape index (κ2) is 9.74. The van der Waals surface area contributed by atoms with Crippen LogP contribution in [0, 0.1) is 11.8 Å². The van der Waals surface area contributed by atoms with Crippen LogP contribution in [0.2, 0.25) is 0 Å². The number of rotatable bonds is 4. The standard InChI is InChI=1S/C24H41FN4O2/c1-4-18-14-28(10-11-29(18)16(3)30)19-7-5-6-17(12-19)26-24(31)22-13-20-21(25)9-8-15(2)23(20)27-22/h15,17-23,27H,4-14H2,1-3H3,(H,26,31). The minimum absolute atomic E-state index is 0.0119. The summed E-state index contributed by atoms with van der Waals surface area (Å²) in [5, 5.41) is 6.77. The van der Waals surface area contributed by atoms with Gasteiger partial charge in [0.1, 0.15) is 6.17 Å². The van der Waals surface area contributed by atoms with E-state index in [1.807, 2.05) is 4.90 Å². The fraction of sp³-hybridized carbons (Fsp3) is 0.917. The van der Waals surface area contributed by atoms with Crippen molar-refractivity contribution < 1.29 is 14.0 Å². The molecule has 4 rings (SSSR count). The number of carbonyl (C=O) groups excluding carboxylic acids is 2. The Bertz CT molecular complexity index is 643. The molecule has 176 valence electrons. The lowest BCUT2D eigenvalue weighted by molar-refractivity contribution is -0.134. The highest BCUT2D eigenvalue weighted by Crippen LogP contribution is 2.38. The summed E-state index contributed by atoms with van der Waals surface area (Å²) in [5.74, 6) is 0.665. The first kappa shape index (κ1) is 23.0. The van der Waals surface area contributed by atoms with E-state index in [9.17, 15) is 14.0 Å². The van der Waals surface area contributed by atoms with Crippen LogP contribution in [0.1, 0.15) is 72.1 Å². The molecule has 2 aliphatic heterocycles. The van der Waals surface area contributed by atoms with E-state index >= 15 is 0 Å². The summed E-state index contributed by atoms with van der Waals surface area (Å²) in [5.41, 5.74) is 0. The van der Waals surface area contributed by atoms with Gasteiger partial charge in [0, 0.05) is 56.6 Å². The van der Waals surface area contributed by atoms with Crippen LogP contribution in [0.25, 0.3) is 0 Å². The van der Waals surface area contributed by atoms with Crippen molar-refractivity contribution in [2.24, 2.45) is 11.8 Å². The highest BCUT2D eigenvalue weighted by Gasteiger charge is 2.46. The molecule has 0 aromatic carbocycles. The Morgan fingerprint density at radius 3 is 2.65 bits per heavy atom. The number of amides is 2. The van der Waals surface area contributed by atoms with Gasteiger partial charge in [0.15, 0.2) is 0 Å². The number of hydrogen-bond acceptors (Lipinski definition) is 4. The van der Waals surface area contributed by atoms with E-state index in [-0.39, 0.29) is 35.9 Å². The van der Waals surface area contributed by atoms with Crippen LogP contribution in [0.3, 0.4) is 0 Å². The summed E-state index contributed by atoms with van der Waals surface area (Å²) in [7, 11) is 0. The third kappa shape index (κ3) is 4.92. The lowest BCUT2D eigenvalue weighted by atomic mass is 9.77. The van der Waals surface area contributed by atoms with Gasteiger partial charge >= 0.3 is 0 Å². The molecule has 2 N–H and O–H groups in total. The Balaban J connectivity index is 1.30. The number of hydrogen-bond donors (Lipinski definition) is 2. The first-order valence-corrected chi connectivity index (χ1v) is 12.6. The lowest BCUT2D eigenvalue weighted by Gasteiger charge is -2.46. The topological polar surface area (TPSA) is 64.7 Å². The number of fused-ring (bicyclic) bond motifs is 1. The number of alkyl halides is 1. The molecule has 2 heterocycles. The van der Waals surface area contributed by atoms with E-state index in [0.29, 0.717) is 30.8 Å². The van der Waals surface area contributed by atoms with Crippen LogP contribution in [-0.4, -0.2) is 77.6 Å². The summed E-state index contributed by atoms with van der Waals surface area (Å²) in [6.07, 6.45) is 6.66. The second-order valence-electron chi connectivity index (χ2n) is 10.5. The van der Waals surface area contributed by atoms with Gasteiger partial charge in [-0.1, -0.05) is 13.8 Å². The maximum absolute atomic E-state index is 14.4. The molecule has 2 saturated heterocycles. The molecule has 2 amide bonds. The van der Waals surface area contributed by atoms with Crippen LogP contribution < -0.4 is 10.6 Å². The third-order valence-corrected chi connectivity index (χ3v) is 8.55. The predicted octanol–water partition coefficient (Wildman–Crippen LogP) is 2.47. The second-order valence-corrected chi connectivity index (χ2v) is 10.5. The Morgan fingerprint density at radius 1 is 1.13 bits per heavy atom. The van der Waals surface area contributed by atoms with Gasteiger partial charge in [-0.15, -0.1) is 0 Å². The summed E-state index contributed by atoms with van der Waals surface area (Å²) >= 11 is 0. The fourth-order valence-electron chi connectivity index (χ4n) is 6.70. The molecule has 0 bridgehead atoms. The van der Waals surface area contributed by atoms with Gasteiger partial charge in [0.05, 0.1) is 6.04 Å². The molecule has 6 nitrogen and oxygen atoms in total. The van der Waals surface area contributed by atoms with E-state index in [4.69, 9.17) is 0 Å². The lowest BCUT2D eigenvalue weighted by Crippen LogP contribution is -2.58. The summed E-state index contributed by atoms with van der Waals surface area (Å²) < 4.78 is 14.4. The van der Waals surface area contributed by atoms with Gasteiger partial charge in [-0.2, -0.15) is 0 Å². The molecule has 0 spiro atoms. The van der Waals surface area contributed by atoms with Crippen molar-refractivity contribution in [2.45, 2.75) is 109 Å². The number of nitrogens with zero attached hydrogens (tertiary/aromatic N) is 2. The molecule has 8 unspecified atom stereocenters. The van der Waals surface area contributed by atoms with E-state index < -0.39 is 6.17 Å². The first-order valence-electron chi connectivity index (χ1n) is 12.6. The average molecular weight is 437 g/mol. The molecule has 4 aliphatic rings. The van der Waals surface area contributed by atoms with Gasteiger partial charge in [-0.3, -0.25) is 14.5 Å². The Morgan fingerprint density at radius 2 is 1.94 bits per heavy atom. The van der Waals surface area contributed by atoms with Crippen molar-refractivity contribution in [3.63, 3.8) is 0 Å². The molecule has 4 fully saturated rings. The summed E-state index contributed by atoms with van der Waals surface area (Å²) in [6, 6.07) is 0.847. The zero-order valence-electron chi connectivity index (χ0n) is 19.5. The minimum Gasteiger partial charge on any atom is -0.352 e. The maximum Gasteiger partial charge on any atom is 0.237 e. The van der Waals surface area contributed by atoms with Gasteiger partial charge < -0.3 is 15.5 Å². The highest BCUT2D eigenvalue weighted by molar-refractivity contribution is 5.82. The van der Waals surface area contributed by atoms with E-state index in [1.165, 1.54) is 0 Å². The fourth-order valence-corrected chi connectivity index (χ4v) is 6.70. The number of halogens is 1. The molecular formula is C24H41FN4O2. The minimum atomic E-state index is -0.772. The summed E-state index contributed by atoms with van der Waals surface area (Å²) in [6.45, 7) is 8.67. The van der Waals surface area contributed by atoms with Crippen molar-refractivity contribution in [1.29, 1.82) is 0 Å². The van der Waals surface area contributed by atoms with Gasteiger partial charge in [-0.25, -0.2) is 4.39 Å². The van der Waals surface area contributed by atoms with Gasteiger partial charge in [0.25, 0.3) is 0 Å². The number of piperazine rings is 1. The molecule has 7 heteroatoms.